The monoisotopic (exact) mass is 406 g/mol. The number of halogens is 1. The van der Waals surface area contributed by atoms with Crippen molar-refractivity contribution in [3.8, 4) is 0 Å². The van der Waals surface area contributed by atoms with Crippen LogP contribution in [0.1, 0.15) is 30.7 Å². The van der Waals surface area contributed by atoms with Gasteiger partial charge in [0.1, 0.15) is 5.82 Å². The van der Waals surface area contributed by atoms with Crippen LogP contribution in [0.5, 0.6) is 0 Å². The smallest absolute Gasteiger partial charge is 0.229 e. The predicted octanol–water partition coefficient (Wildman–Crippen LogP) is 3.46. The molecule has 1 N–H and O–H groups in total. The van der Waals surface area contributed by atoms with Crippen molar-refractivity contribution in [3.63, 3.8) is 0 Å². The number of likely N-dealkylation sites (tertiary alicyclic amines) is 1. The van der Waals surface area contributed by atoms with Crippen molar-refractivity contribution in [2.45, 2.75) is 25.2 Å². The van der Waals surface area contributed by atoms with E-state index in [2.05, 4.69) is 22.3 Å². The van der Waals surface area contributed by atoms with E-state index in [0.29, 0.717) is 29.9 Å². The van der Waals surface area contributed by atoms with Crippen LogP contribution in [-0.2, 0) is 9.59 Å². The number of nitrogens with zero attached hydrogens (tertiary/aromatic N) is 3. The number of nitrogens with one attached hydrogen (secondary N) is 1. The summed E-state index contributed by atoms with van der Waals surface area (Å²) < 4.78 is 14.3. The third kappa shape index (κ3) is 3.24. The molecule has 0 aliphatic carbocycles. The second-order valence-corrected chi connectivity index (χ2v) is 8.13. The fraction of sp³-hybridized carbons (Fsp3) is 0.348. The molecule has 2 aliphatic heterocycles. The summed E-state index contributed by atoms with van der Waals surface area (Å²) in [4.78, 5) is 29.0. The zero-order chi connectivity index (χ0) is 20.7. The number of rotatable bonds is 3. The molecular weight excluding hydrogens is 383 g/mol. The van der Waals surface area contributed by atoms with Gasteiger partial charge in [-0.05, 0) is 36.5 Å². The van der Waals surface area contributed by atoms with E-state index in [1.807, 2.05) is 23.1 Å². The summed E-state index contributed by atoms with van der Waals surface area (Å²) >= 11 is 0. The standard InChI is InChI=1S/C23H23FN4O2/c24-18-7-4-8-19-21(18)22(26-25-19)28-14-17(13-20(28)29)23(30)27-11-9-16(10-12-27)15-5-2-1-3-6-15/h1-8,16-17H,9-14H2,(H,25,26). The van der Waals surface area contributed by atoms with E-state index in [4.69, 9.17) is 0 Å². The van der Waals surface area contributed by atoms with Gasteiger partial charge in [-0.25, -0.2) is 4.39 Å². The van der Waals surface area contributed by atoms with Crippen LogP contribution >= 0.6 is 0 Å². The zero-order valence-corrected chi connectivity index (χ0v) is 16.6. The molecule has 1 aromatic heterocycles. The fourth-order valence-corrected chi connectivity index (χ4v) is 4.70. The molecule has 5 rings (SSSR count). The molecule has 6 nitrogen and oxygen atoms in total. The molecule has 0 bridgehead atoms. The van der Waals surface area contributed by atoms with Crippen molar-refractivity contribution in [2.75, 3.05) is 24.5 Å². The van der Waals surface area contributed by atoms with E-state index in [-0.39, 0.29) is 30.6 Å². The number of carbonyl (C=O) groups is 2. The largest absolute Gasteiger partial charge is 0.342 e. The van der Waals surface area contributed by atoms with Gasteiger partial charge in [0.25, 0.3) is 0 Å². The molecule has 0 spiro atoms. The lowest BCUT2D eigenvalue weighted by molar-refractivity contribution is -0.136. The Kier molecular flexibility index (Phi) is 4.73. The number of H-pyrrole nitrogens is 1. The van der Waals surface area contributed by atoms with Crippen molar-refractivity contribution in [2.24, 2.45) is 5.92 Å². The van der Waals surface area contributed by atoms with Crippen LogP contribution in [0.3, 0.4) is 0 Å². The maximum absolute atomic E-state index is 14.3. The molecule has 0 saturated carbocycles. The Hall–Kier alpha value is -3.22. The summed E-state index contributed by atoms with van der Waals surface area (Å²) in [6.07, 6.45) is 1.99. The Labute approximate surface area is 173 Å². The highest BCUT2D eigenvalue weighted by atomic mass is 19.1. The predicted molar refractivity (Wildman–Crippen MR) is 112 cm³/mol. The summed E-state index contributed by atoms with van der Waals surface area (Å²) in [6.45, 7) is 1.64. The van der Waals surface area contributed by atoms with Crippen LogP contribution in [0.4, 0.5) is 10.2 Å². The van der Waals surface area contributed by atoms with Gasteiger partial charge in [0.05, 0.1) is 16.8 Å². The summed E-state index contributed by atoms with van der Waals surface area (Å²) in [5.41, 5.74) is 1.86. The Bertz CT molecular complexity index is 1090. The third-order valence-corrected chi connectivity index (χ3v) is 6.33. The Morgan fingerprint density at radius 1 is 1.07 bits per heavy atom. The number of aromatic nitrogens is 2. The van der Waals surface area contributed by atoms with E-state index in [1.54, 1.807) is 12.1 Å². The van der Waals surface area contributed by atoms with Crippen molar-refractivity contribution >= 4 is 28.5 Å². The van der Waals surface area contributed by atoms with Crippen LogP contribution in [0.15, 0.2) is 48.5 Å². The van der Waals surface area contributed by atoms with Crippen LogP contribution < -0.4 is 4.90 Å². The Balaban J connectivity index is 1.27. The van der Waals surface area contributed by atoms with E-state index in [9.17, 15) is 14.0 Å². The molecule has 2 amide bonds. The molecule has 154 valence electrons. The normalized spacial score (nSPS) is 20.3. The van der Waals surface area contributed by atoms with Crippen LogP contribution in [0.25, 0.3) is 10.9 Å². The lowest BCUT2D eigenvalue weighted by Crippen LogP contribution is -2.42. The van der Waals surface area contributed by atoms with Gasteiger partial charge in [0, 0.05) is 26.1 Å². The number of aromatic amines is 1. The number of piperidine rings is 1. The van der Waals surface area contributed by atoms with Crippen molar-refractivity contribution in [1.82, 2.24) is 15.1 Å². The molecule has 1 atom stereocenters. The van der Waals surface area contributed by atoms with E-state index in [1.165, 1.54) is 16.5 Å². The molecule has 2 fully saturated rings. The molecule has 2 aliphatic rings. The fourth-order valence-electron chi connectivity index (χ4n) is 4.70. The third-order valence-electron chi connectivity index (χ3n) is 6.33. The average molecular weight is 406 g/mol. The molecule has 1 unspecified atom stereocenters. The number of carbonyl (C=O) groups excluding carboxylic acids is 2. The topological polar surface area (TPSA) is 69.3 Å². The van der Waals surface area contributed by atoms with Gasteiger partial charge < -0.3 is 4.90 Å². The number of benzene rings is 2. The number of hydrogen-bond acceptors (Lipinski definition) is 3. The maximum atomic E-state index is 14.3. The molecule has 7 heteroatoms. The van der Waals surface area contributed by atoms with E-state index >= 15 is 0 Å². The molecule has 0 radical (unpaired) electrons. The summed E-state index contributed by atoms with van der Waals surface area (Å²) in [5, 5.41) is 7.22. The molecule has 2 saturated heterocycles. The first kappa shape index (κ1) is 18.8. The molecule has 30 heavy (non-hydrogen) atoms. The van der Waals surface area contributed by atoms with E-state index in [0.717, 1.165) is 12.8 Å². The van der Waals surface area contributed by atoms with Gasteiger partial charge in [-0.15, -0.1) is 0 Å². The van der Waals surface area contributed by atoms with Crippen LogP contribution in [0.2, 0.25) is 0 Å². The number of fused-ring (bicyclic) bond motifs is 1. The first-order chi connectivity index (χ1) is 14.6. The van der Waals surface area contributed by atoms with Gasteiger partial charge in [-0.1, -0.05) is 36.4 Å². The average Bonchev–Trinajstić information content (AvgIpc) is 3.38. The minimum Gasteiger partial charge on any atom is -0.342 e. The van der Waals surface area contributed by atoms with Crippen LogP contribution in [-0.4, -0.2) is 46.5 Å². The van der Waals surface area contributed by atoms with Gasteiger partial charge in [0.2, 0.25) is 11.8 Å². The SMILES string of the molecule is O=C(C1CC(=O)N(c2n[nH]c3cccc(F)c23)C1)N1CCC(c2ccccc2)CC1. The zero-order valence-electron chi connectivity index (χ0n) is 16.6. The van der Waals surface area contributed by atoms with Crippen molar-refractivity contribution in [3.05, 3.63) is 59.9 Å². The first-order valence-corrected chi connectivity index (χ1v) is 10.4. The minimum atomic E-state index is -0.429. The maximum Gasteiger partial charge on any atom is 0.229 e. The first-order valence-electron chi connectivity index (χ1n) is 10.4. The molecular formula is C23H23FN4O2. The number of amides is 2. The number of anilines is 1. The van der Waals surface area contributed by atoms with Crippen molar-refractivity contribution in [1.29, 1.82) is 0 Å². The molecule has 2 aromatic carbocycles. The lowest BCUT2D eigenvalue weighted by atomic mass is 9.89. The summed E-state index contributed by atoms with van der Waals surface area (Å²) in [6, 6.07) is 15.1. The summed E-state index contributed by atoms with van der Waals surface area (Å²) in [5.74, 6) is -0.283. The molecule has 3 heterocycles. The quantitative estimate of drug-likeness (QED) is 0.724. The van der Waals surface area contributed by atoms with Gasteiger partial charge in [-0.2, -0.15) is 5.10 Å². The second-order valence-electron chi connectivity index (χ2n) is 8.13. The van der Waals surface area contributed by atoms with Gasteiger partial charge in [0.15, 0.2) is 5.82 Å². The van der Waals surface area contributed by atoms with Crippen LogP contribution in [0, 0.1) is 11.7 Å². The lowest BCUT2D eigenvalue weighted by Gasteiger charge is -2.33. The highest BCUT2D eigenvalue weighted by Crippen LogP contribution is 2.33. The second kappa shape index (κ2) is 7.55. The Morgan fingerprint density at radius 2 is 1.83 bits per heavy atom. The van der Waals surface area contributed by atoms with E-state index < -0.39 is 11.7 Å². The highest BCUT2D eigenvalue weighted by Gasteiger charge is 2.39. The molecule has 3 aromatic rings. The number of hydrogen-bond donors (Lipinski definition) is 1. The minimum absolute atomic E-state index is 0.0117. The Morgan fingerprint density at radius 3 is 2.60 bits per heavy atom. The van der Waals surface area contributed by atoms with Gasteiger partial charge >= 0.3 is 0 Å². The van der Waals surface area contributed by atoms with Crippen molar-refractivity contribution < 1.29 is 14.0 Å². The summed E-state index contributed by atoms with van der Waals surface area (Å²) in [7, 11) is 0. The van der Waals surface area contributed by atoms with Gasteiger partial charge in [-0.3, -0.25) is 19.6 Å². The highest BCUT2D eigenvalue weighted by molar-refractivity contribution is 6.05.